The number of aryl methyl sites for hydroxylation is 2. The minimum absolute atomic E-state index is 0.271. The van der Waals surface area contributed by atoms with Gasteiger partial charge >= 0.3 is 5.97 Å². The molecule has 1 aliphatic rings. The van der Waals surface area contributed by atoms with Crippen LogP contribution in [0.1, 0.15) is 24.0 Å². The summed E-state index contributed by atoms with van der Waals surface area (Å²) in [4.78, 5) is 11.6. The average molecular weight is 234 g/mol. The predicted octanol–water partition coefficient (Wildman–Crippen LogP) is 2.63. The quantitative estimate of drug-likeness (QED) is 0.751. The van der Waals surface area contributed by atoms with E-state index in [2.05, 4.69) is 6.07 Å². The summed E-state index contributed by atoms with van der Waals surface area (Å²) in [7, 11) is 1.41. The molecule has 1 saturated carbocycles. The Kier molecular flexibility index (Phi) is 3.36. The molecule has 0 saturated heterocycles. The Labute approximate surface area is 102 Å². The summed E-state index contributed by atoms with van der Waals surface area (Å²) >= 11 is 0. The number of esters is 1. The molecule has 17 heavy (non-hydrogen) atoms. The number of rotatable bonds is 4. The van der Waals surface area contributed by atoms with E-state index in [1.807, 2.05) is 26.0 Å². The van der Waals surface area contributed by atoms with E-state index in [4.69, 9.17) is 9.47 Å². The third-order valence-corrected chi connectivity index (χ3v) is 3.07. The molecule has 1 aliphatic carbocycles. The molecule has 3 heteroatoms. The highest BCUT2D eigenvalue weighted by atomic mass is 16.6. The van der Waals surface area contributed by atoms with E-state index in [0.717, 1.165) is 24.2 Å². The number of carbonyl (C=O) groups is 1. The van der Waals surface area contributed by atoms with E-state index in [9.17, 15) is 4.79 Å². The van der Waals surface area contributed by atoms with E-state index in [1.54, 1.807) is 0 Å². The third-order valence-electron chi connectivity index (χ3n) is 3.07. The summed E-state index contributed by atoms with van der Waals surface area (Å²) < 4.78 is 10.6. The lowest BCUT2D eigenvalue weighted by Crippen LogP contribution is -2.30. The average Bonchev–Trinajstić information content (AvgIpc) is 3.11. The van der Waals surface area contributed by atoms with Crippen molar-refractivity contribution in [3.05, 3.63) is 29.3 Å². The lowest BCUT2D eigenvalue weighted by atomic mass is 10.1. The van der Waals surface area contributed by atoms with Gasteiger partial charge in [-0.3, -0.25) is 0 Å². The van der Waals surface area contributed by atoms with Crippen LogP contribution in [0.15, 0.2) is 18.2 Å². The zero-order chi connectivity index (χ0) is 12.4. The Morgan fingerprint density at radius 3 is 2.59 bits per heavy atom. The second kappa shape index (κ2) is 4.78. The normalized spacial score (nSPS) is 16.4. The standard InChI is InChI=1S/C14H18O3/c1-9-4-7-12(10(2)8-9)17-13(11-5-6-11)14(15)16-3/h4,7-8,11,13H,5-6H2,1-3H3. The van der Waals surface area contributed by atoms with Crippen LogP contribution in [-0.2, 0) is 9.53 Å². The highest BCUT2D eigenvalue weighted by Crippen LogP contribution is 2.36. The van der Waals surface area contributed by atoms with Crippen LogP contribution >= 0.6 is 0 Å². The second-order valence-corrected chi connectivity index (χ2v) is 4.67. The number of benzene rings is 1. The van der Waals surface area contributed by atoms with Crippen LogP contribution in [0.2, 0.25) is 0 Å². The van der Waals surface area contributed by atoms with Crippen LogP contribution in [0.4, 0.5) is 0 Å². The monoisotopic (exact) mass is 234 g/mol. The third kappa shape index (κ3) is 2.78. The van der Waals surface area contributed by atoms with Gasteiger partial charge in [-0.25, -0.2) is 4.79 Å². The molecular weight excluding hydrogens is 216 g/mol. The molecule has 0 spiro atoms. The van der Waals surface area contributed by atoms with Crippen molar-refractivity contribution in [1.82, 2.24) is 0 Å². The molecule has 1 fully saturated rings. The van der Waals surface area contributed by atoms with Gasteiger partial charge in [0.2, 0.25) is 0 Å². The van der Waals surface area contributed by atoms with Crippen molar-refractivity contribution in [3.63, 3.8) is 0 Å². The fourth-order valence-electron chi connectivity index (χ4n) is 1.92. The molecule has 2 rings (SSSR count). The van der Waals surface area contributed by atoms with Gasteiger partial charge in [0.15, 0.2) is 6.10 Å². The first-order chi connectivity index (χ1) is 8.11. The lowest BCUT2D eigenvalue weighted by molar-refractivity contribution is -0.149. The summed E-state index contributed by atoms with van der Waals surface area (Å²) in [6.07, 6.45) is 1.65. The minimum Gasteiger partial charge on any atom is -0.478 e. The fourth-order valence-corrected chi connectivity index (χ4v) is 1.92. The summed E-state index contributed by atoms with van der Waals surface area (Å²) in [5, 5.41) is 0. The molecule has 0 aromatic heterocycles. The molecular formula is C14H18O3. The van der Waals surface area contributed by atoms with Crippen molar-refractivity contribution in [3.8, 4) is 5.75 Å². The van der Waals surface area contributed by atoms with E-state index in [0.29, 0.717) is 5.92 Å². The van der Waals surface area contributed by atoms with Crippen LogP contribution in [0.25, 0.3) is 0 Å². The van der Waals surface area contributed by atoms with Gasteiger partial charge in [0, 0.05) is 5.92 Å². The molecule has 0 N–H and O–H groups in total. The maximum atomic E-state index is 11.6. The van der Waals surface area contributed by atoms with Gasteiger partial charge in [0.05, 0.1) is 7.11 Å². The Morgan fingerprint density at radius 2 is 2.06 bits per heavy atom. The molecule has 0 bridgehead atoms. The van der Waals surface area contributed by atoms with Crippen LogP contribution in [0, 0.1) is 19.8 Å². The Balaban J connectivity index is 2.14. The molecule has 0 radical (unpaired) electrons. The molecule has 3 nitrogen and oxygen atoms in total. The number of ether oxygens (including phenoxy) is 2. The van der Waals surface area contributed by atoms with E-state index < -0.39 is 6.10 Å². The maximum absolute atomic E-state index is 11.6. The molecule has 0 heterocycles. The van der Waals surface area contributed by atoms with Gasteiger partial charge in [-0.05, 0) is 38.3 Å². The van der Waals surface area contributed by atoms with E-state index >= 15 is 0 Å². The smallest absolute Gasteiger partial charge is 0.347 e. The van der Waals surface area contributed by atoms with Gasteiger partial charge in [-0.2, -0.15) is 0 Å². The number of carbonyl (C=O) groups excluding carboxylic acids is 1. The highest BCUT2D eigenvalue weighted by Gasteiger charge is 2.39. The number of methoxy groups -OCH3 is 1. The van der Waals surface area contributed by atoms with Gasteiger partial charge in [-0.15, -0.1) is 0 Å². The molecule has 1 unspecified atom stereocenters. The SMILES string of the molecule is COC(=O)C(Oc1ccc(C)cc1C)C1CC1. The Bertz CT molecular complexity index is 421. The van der Waals surface area contributed by atoms with Crippen molar-refractivity contribution in [2.75, 3.05) is 7.11 Å². The molecule has 0 aliphatic heterocycles. The topological polar surface area (TPSA) is 35.5 Å². The van der Waals surface area contributed by atoms with Crippen LogP contribution in [-0.4, -0.2) is 19.2 Å². The fraction of sp³-hybridized carbons (Fsp3) is 0.500. The van der Waals surface area contributed by atoms with Crippen LogP contribution in [0.5, 0.6) is 5.75 Å². The second-order valence-electron chi connectivity index (χ2n) is 4.67. The van der Waals surface area contributed by atoms with Crippen LogP contribution < -0.4 is 4.74 Å². The molecule has 92 valence electrons. The first-order valence-corrected chi connectivity index (χ1v) is 5.93. The lowest BCUT2D eigenvalue weighted by Gasteiger charge is -2.18. The zero-order valence-corrected chi connectivity index (χ0v) is 10.5. The van der Waals surface area contributed by atoms with Gasteiger partial charge < -0.3 is 9.47 Å². The molecule has 0 amide bonds. The van der Waals surface area contributed by atoms with Gasteiger partial charge in [-0.1, -0.05) is 17.7 Å². The largest absolute Gasteiger partial charge is 0.478 e. The van der Waals surface area contributed by atoms with Gasteiger partial charge in [0.25, 0.3) is 0 Å². The minimum atomic E-state index is -0.443. The summed E-state index contributed by atoms with van der Waals surface area (Å²) in [6, 6.07) is 5.96. The highest BCUT2D eigenvalue weighted by molar-refractivity contribution is 5.75. The van der Waals surface area contributed by atoms with E-state index in [-0.39, 0.29) is 5.97 Å². The van der Waals surface area contributed by atoms with Crippen LogP contribution in [0.3, 0.4) is 0 Å². The molecule has 1 aromatic carbocycles. The Hall–Kier alpha value is -1.51. The Morgan fingerprint density at radius 1 is 1.35 bits per heavy atom. The molecule has 1 atom stereocenters. The summed E-state index contributed by atoms with van der Waals surface area (Å²) in [5.41, 5.74) is 2.25. The van der Waals surface area contributed by atoms with Gasteiger partial charge in [0.1, 0.15) is 5.75 Å². The molecule has 1 aromatic rings. The maximum Gasteiger partial charge on any atom is 0.347 e. The number of hydrogen-bond acceptors (Lipinski definition) is 3. The first-order valence-electron chi connectivity index (χ1n) is 5.93. The zero-order valence-electron chi connectivity index (χ0n) is 10.5. The number of hydrogen-bond donors (Lipinski definition) is 0. The van der Waals surface area contributed by atoms with E-state index in [1.165, 1.54) is 12.7 Å². The van der Waals surface area contributed by atoms with Crippen molar-refractivity contribution in [1.29, 1.82) is 0 Å². The summed E-state index contributed by atoms with van der Waals surface area (Å²) in [6.45, 7) is 4.03. The van der Waals surface area contributed by atoms with Crippen molar-refractivity contribution < 1.29 is 14.3 Å². The van der Waals surface area contributed by atoms with Crippen molar-refractivity contribution in [2.45, 2.75) is 32.8 Å². The van der Waals surface area contributed by atoms with Crippen molar-refractivity contribution in [2.24, 2.45) is 5.92 Å². The predicted molar refractivity (Wildman–Crippen MR) is 65.1 cm³/mol. The first kappa shape index (κ1) is 12.0. The summed E-state index contributed by atoms with van der Waals surface area (Å²) in [5.74, 6) is 0.827. The van der Waals surface area contributed by atoms with Crippen molar-refractivity contribution >= 4 is 5.97 Å².